The fourth-order valence-electron chi connectivity index (χ4n) is 2.82. The Morgan fingerprint density at radius 1 is 1.22 bits per heavy atom. The first-order chi connectivity index (χ1) is 13.1. The van der Waals surface area contributed by atoms with Crippen LogP contribution in [0.4, 0.5) is 0 Å². The molecule has 3 heterocycles. The monoisotopic (exact) mass is 360 g/mol. The SMILES string of the molecule is Cc1ccc2c(=O)cc(C(=O)NCc3cccnc3-n3ccnc3)oc2c1. The van der Waals surface area contributed by atoms with E-state index in [0.29, 0.717) is 16.8 Å². The van der Waals surface area contributed by atoms with Crippen LogP contribution in [0.1, 0.15) is 21.7 Å². The number of pyridine rings is 1. The van der Waals surface area contributed by atoms with Crippen molar-refractivity contribution in [2.24, 2.45) is 0 Å². The lowest BCUT2D eigenvalue weighted by molar-refractivity contribution is 0.0923. The summed E-state index contributed by atoms with van der Waals surface area (Å²) < 4.78 is 7.40. The van der Waals surface area contributed by atoms with Gasteiger partial charge >= 0.3 is 0 Å². The quantitative estimate of drug-likeness (QED) is 0.604. The number of hydrogen-bond donors (Lipinski definition) is 1. The van der Waals surface area contributed by atoms with Crippen LogP contribution >= 0.6 is 0 Å². The summed E-state index contributed by atoms with van der Waals surface area (Å²) in [5.74, 6) is 0.188. The van der Waals surface area contributed by atoms with Gasteiger partial charge in [-0.3, -0.25) is 14.2 Å². The highest BCUT2D eigenvalue weighted by Crippen LogP contribution is 2.15. The van der Waals surface area contributed by atoms with E-state index in [-0.39, 0.29) is 17.7 Å². The second kappa shape index (κ2) is 6.87. The summed E-state index contributed by atoms with van der Waals surface area (Å²) >= 11 is 0. The molecule has 7 heteroatoms. The van der Waals surface area contributed by atoms with Crippen molar-refractivity contribution in [2.75, 3.05) is 0 Å². The highest BCUT2D eigenvalue weighted by atomic mass is 16.3. The van der Waals surface area contributed by atoms with Gasteiger partial charge in [-0.25, -0.2) is 9.97 Å². The molecule has 1 aromatic carbocycles. The van der Waals surface area contributed by atoms with Crippen LogP contribution in [-0.2, 0) is 6.54 Å². The lowest BCUT2D eigenvalue weighted by Crippen LogP contribution is -2.24. The number of imidazole rings is 1. The maximum Gasteiger partial charge on any atom is 0.287 e. The lowest BCUT2D eigenvalue weighted by Gasteiger charge is -2.10. The molecule has 0 saturated carbocycles. The molecule has 0 radical (unpaired) electrons. The van der Waals surface area contributed by atoms with Crippen LogP contribution in [-0.4, -0.2) is 20.4 Å². The molecule has 0 saturated heterocycles. The summed E-state index contributed by atoms with van der Waals surface area (Å²) in [6.07, 6.45) is 6.74. The predicted octanol–water partition coefficient (Wildman–Crippen LogP) is 2.61. The number of carbonyl (C=O) groups excluding carboxylic acids is 1. The van der Waals surface area contributed by atoms with E-state index >= 15 is 0 Å². The Bertz CT molecular complexity index is 1180. The molecule has 0 aliphatic heterocycles. The summed E-state index contributed by atoms with van der Waals surface area (Å²) in [5, 5.41) is 3.23. The van der Waals surface area contributed by atoms with Gasteiger partial charge in [0, 0.05) is 36.8 Å². The largest absolute Gasteiger partial charge is 0.451 e. The minimum Gasteiger partial charge on any atom is -0.451 e. The number of nitrogens with one attached hydrogen (secondary N) is 1. The van der Waals surface area contributed by atoms with Crippen molar-refractivity contribution in [3.05, 3.63) is 88.4 Å². The summed E-state index contributed by atoms with van der Waals surface area (Å²) in [6.45, 7) is 2.13. The molecular weight excluding hydrogens is 344 g/mol. The zero-order valence-electron chi connectivity index (χ0n) is 14.5. The summed E-state index contributed by atoms with van der Waals surface area (Å²) in [6, 6.07) is 10.1. The third-order valence-electron chi connectivity index (χ3n) is 4.16. The van der Waals surface area contributed by atoms with E-state index in [9.17, 15) is 9.59 Å². The van der Waals surface area contributed by atoms with Gasteiger partial charge in [0.05, 0.1) is 5.39 Å². The van der Waals surface area contributed by atoms with Crippen LogP contribution in [0.5, 0.6) is 0 Å². The molecule has 4 aromatic rings. The third-order valence-corrected chi connectivity index (χ3v) is 4.16. The Balaban J connectivity index is 1.59. The minimum atomic E-state index is -0.462. The molecule has 3 aromatic heterocycles. The van der Waals surface area contributed by atoms with Crippen molar-refractivity contribution in [3.63, 3.8) is 0 Å². The van der Waals surface area contributed by atoms with Crippen LogP contribution in [0.3, 0.4) is 0 Å². The van der Waals surface area contributed by atoms with E-state index in [0.717, 1.165) is 11.1 Å². The van der Waals surface area contributed by atoms with Crippen molar-refractivity contribution < 1.29 is 9.21 Å². The Hall–Kier alpha value is -3.74. The molecule has 7 nitrogen and oxygen atoms in total. The average molecular weight is 360 g/mol. The second-order valence-electron chi connectivity index (χ2n) is 6.11. The van der Waals surface area contributed by atoms with Crippen LogP contribution in [0.15, 0.2) is 70.5 Å². The number of hydrogen-bond acceptors (Lipinski definition) is 5. The van der Waals surface area contributed by atoms with Crippen molar-refractivity contribution in [2.45, 2.75) is 13.5 Å². The normalized spacial score (nSPS) is 10.9. The number of fused-ring (bicyclic) bond motifs is 1. The molecule has 0 atom stereocenters. The van der Waals surface area contributed by atoms with Gasteiger partial charge in [0.2, 0.25) is 0 Å². The number of nitrogens with zero attached hydrogens (tertiary/aromatic N) is 3. The summed E-state index contributed by atoms with van der Waals surface area (Å²) in [7, 11) is 0. The number of rotatable bonds is 4. The van der Waals surface area contributed by atoms with Gasteiger partial charge in [0.1, 0.15) is 17.7 Å². The molecule has 0 unspecified atom stereocenters. The molecule has 4 rings (SSSR count). The molecular formula is C20H16N4O3. The van der Waals surface area contributed by atoms with Gasteiger partial charge in [0.25, 0.3) is 5.91 Å². The maximum absolute atomic E-state index is 12.5. The molecule has 0 aliphatic carbocycles. The van der Waals surface area contributed by atoms with E-state index < -0.39 is 5.91 Å². The Morgan fingerprint density at radius 3 is 2.93 bits per heavy atom. The average Bonchev–Trinajstić information content (AvgIpc) is 3.20. The Labute approximate surface area is 154 Å². The van der Waals surface area contributed by atoms with Crippen LogP contribution in [0.25, 0.3) is 16.8 Å². The van der Waals surface area contributed by atoms with Crippen molar-refractivity contribution in [3.8, 4) is 5.82 Å². The van der Waals surface area contributed by atoms with Gasteiger partial charge < -0.3 is 9.73 Å². The third kappa shape index (κ3) is 3.35. The standard InChI is InChI=1S/C20H16N4O3/c1-13-4-5-15-16(25)10-18(27-17(15)9-13)20(26)23-11-14-3-2-6-22-19(14)24-8-7-21-12-24/h2-10,12H,11H2,1H3,(H,23,26). The highest BCUT2D eigenvalue weighted by molar-refractivity contribution is 5.93. The van der Waals surface area contributed by atoms with Gasteiger partial charge in [-0.1, -0.05) is 12.1 Å². The van der Waals surface area contributed by atoms with E-state index in [1.807, 2.05) is 19.1 Å². The fourth-order valence-corrected chi connectivity index (χ4v) is 2.82. The van der Waals surface area contributed by atoms with Crippen molar-refractivity contribution in [1.29, 1.82) is 0 Å². The number of aryl methyl sites for hydroxylation is 1. The van der Waals surface area contributed by atoms with Crippen molar-refractivity contribution in [1.82, 2.24) is 19.9 Å². The number of aromatic nitrogens is 3. The highest BCUT2D eigenvalue weighted by Gasteiger charge is 2.13. The zero-order valence-corrected chi connectivity index (χ0v) is 14.5. The smallest absolute Gasteiger partial charge is 0.287 e. The Morgan fingerprint density at radius 2 is 2.11 bits per heavy atom. The lowest BCUT2D eigenvalue weighted by atomic mass is 10.1. The first-order valence-corrected chi connectivity index (χ1v) is 8.37. The van der Waals surface area contributed by atoms with Gasteiger partial charge in [0.15, 0.2) is 11.2 Å². The van der Waals surface area contributed by atoms with Gasteiger partial charge in [-0.05, 0) is 30.7 Å². The molecule has 27 heavy (non-hydrogen) atoms. The molecule has 0 spiro atoms. The summed E-state index contributed by atoms with van der Waals surface area (Å²) in [4.78, 5) is 33.1. The molecule has 1 N–H and O–H groups in total. The molecule has 0 bridgehead atoms. The van der Waals surface area contributed by atoms with E-state index in [4.69, 9.17) is 4.42 Å². The number of amides is 1. The minimum absolute atomic E-state index is 0.0221. The van der Waals surface area contributed by atoms with Crippen LogP contribution < -0.4 is 10.7 Å². The second-order valence-corrected chi connectivity index (χ2v) is 6.11. The molecule has 1 amide bonds. The van der Waals surface area contributed by atoms with Crippen LogP contribution in [0.2, 0.25) is 0 Å². The zero-order chi connectivity index (χ0) is 18.8. The predicted molar refractivity (Wildman–Crippen MR) is 99.8 cm³/mol. The van der Waals surface area contributed by atoms with Crippen LogP contribution in [0, 0.1) is 6.92 Å². The maximum atomic E-state index is 12.5. The van der Waals surface area contributed by atoms with Gasteiger partial charge in [-0.2, -0.15) is 0 Å². The summed E-state index contributed by atoms with van der Waals surface area (Å²) in [5.41, 5.74) is 1.90. The van der Waals surface area contributed by atoms with E-state index in [1.54, 1.807) is 47.7 Å². The first kappa shape index (κ1) is 16.7. The molecule has 0 aliphatic rings. The fraction of sp³-hybridized carbons (Fsp3) is 0.100. The number of benzene rings is 1. The van der Waals surface area contributed by atoms with E-state index in [2.05, 4.69) is 15.3 Å². The first-order valence-electron chi connectivity index (χ1n) is 8.37. The van der Waals surface area contributed by atoms with Crippen molar-refractivity contribution >= 4 is 16.9 Å². The van der Waals surface area contributed by atoms with E-state index in [1.165, 1.54) is 6.07 Å². The topological polar surface area (TPSA) is 90.0 Å². The van der Waals surface area contributed by atoms with Gasteiger partial charge in [-0.15, -0.1) is 0 Å². The molecule has 0 fully saturated rings. The molecule has 134 valence electrons. The Kier molecular flexibility index (Phi) is 4.25. The number of carbonyl (C=O) groups is 1.